The third-order valence-electron chi connectivity index (χ3n) is 6.36. The van der Waals surface area contributed by atoms with Gasteiger partial charge in [0.25, 0.3) is 11.8 Å². The van der Waals surface area contributed by atoms with Crippen LogP contribution in [-0.4, -0.2) is 71.2 Å². The summed E-state index contributed by atoms with van der Waals surface area (Å²) in [4.78, 5) is 55.6. The van der Waals surface area contributed by atoms with Crippen molar-refractivity contribution in [3.63, 3.8) is 0 Å². The SMILES string of the molecule is CCCC[C@@]1(c2ccc(F)cc2)NC(=O)N(CC(=O)N2CCN(C(=O)c3ccco3)CC2)C1=O. The summed E-state index contributed by atoms with van der Waals surface area (Å²) in [7, 11) is 0. The van der Waals surface area contributed by atoms with E-state index in [9.17, 15) is 23.6 Å². The molecule has 2 fully saturated rings. The summed E-state index contributed by atoms with van der Waals surface area (Å²) in [6.07, 6.45) is 3.23. The molecular weight excluding hydrogens is 443 g/mol. The van der Waals surface area contributed by atoms with Crippen LogP contribution in [0, 0.1) is 5.82 Å². The van der Waals surface area contributed by atoms with Crippen LogP contribution in [0.2, 0.25) is 0 Å². The molecule has 1 N–H and O–H groups in total. The van der Waals surface area contributed by atoms with Gasteiger partial charge in [-0.3, -0.25) is 19.3 Å². The van der Waals surface area contributed by atoms with Crippen LogP contribution in [0.15, 0.2) is 47.1 Å². The second kappa shape index (κ2) is 9.66. The van der Waals surface area contributed by atoms with Gasteiger partial charge in [0.05, 0.1) is 6.26 Å². The fourth-order valence-corrected chi connectivity index (χ4v) is 4.41. The highest BCUT2D eigenvalue weighted by molar-refractivity contribution is 6.09. The van der Waals surface area contributed by atoms with Gasteiger partial charge in [-0.05, 0) is 36.2 Å². The van der Waals surface area contributed by atoms with Crippen molar-refractivity contribution in [1.29, 1.82) is 0 Å². The smallest absolute Gasteiger partial charge is 0.325 e. The molecule has 9 nitrogen and oxygen atoms in total. The maximum absolute atomic E-state index is 13.5. The van der Waals surface area contributed by atoms with E-state index in [1.54, 1.807) is 17.0 Å². The van der Waals surface area contributed by atoms with Gasteiger partial charge in [0, 0.05) is 26.2 Å². The number of benzene rings is 1. The molecule has 0 unspecified atom stereocenters. The third-order valence-corrected chi connectivity index (χ3v) is 6.36. The van der Waals surface area contributed by atoms with E-state index in [0.717, 1.165) is 11.3 Å². The molecule has 0 radical (unpaired) electrons. The minimum Gasteiger partial charge on any atom is -0.459 e. The third kappa shape index (κ3) is 4.40. The van der Waals surface area contributed by atoms with E-state index in [-0.39, 0.29) is 30.7 Å². The van der Waals surface area contributed by atoms with E-state index in [4.69, 9.17) is 4.42 Å². The molecule has 2 aliphatic rings. The van der Waals surface area contributed by atoms with Crippen molar-refractivity contribution in [2.45, 2.75) is 31.7 Å². The highest BCUT2D eigenvalue weighted by Gasteiger charge is 2.52. The number of halogens is 1. The first-order valence-electron chi connectivity index (χ1n) is 11.4. The monoisotopic (exact) mass is 470 g/mol. The average molecular weight is 471 g/mol. The van der Waals surface area contributed by atoms with Crippen molar-refractivity contribution in [3.8, 4) is 0 Å². The fraction of sp³-hybridized carbons (Fsp3) is 0.417. The first-order chi connectivity index (χ1) is 16.4. The quantitative estimate of drug-likeness (QED) is 0.626. The summed E-state index contributed by atoms with van der Waals surface area (Å²) >= 11 is 0. The number of hydrogen-bond acceptors (Lipinski definition) is 5. The number of rotatable bonds is 7. The van der Waals surface area contributed by atoms with Gasteiger partial charge in [-0.25, -0.2) is 9.18 Å². The summed E-state index contributed by atoms with van der Waals surface area (Å²) in [6.45, 7) is 2.79. The van der Waals surface area contributed by atoms with E-state index in [1.807, 2.05) is 6.92 Å². The van der Waals surface area contributed by atoms with Crippen LogP contribution in [0.1, 0.15) is 42.3 Å². The summed E-state index contributed by atoms with van der Waals surface area (Å²) in [5, 5.41) is 2.76. The molecule has 10 heteroatoms. The molecule has 1 atom stereocenters. The number of amides is 5. The van der Waals surface area contributed by atoms with Crippen molar-refractivity contribution in [2.24, 2.45) is 0 Å². The minimum atomic E-state index is -1.32. The van der Waals surface area contributed by atoms with Crippen LogP contribution in [0.3, 0.4) is 0 Å². The lowest BCUT2D eigenvalue weighted by atomic mass is 9.85. The molecule has 0 bridgehead atoms. The topological polar surface area (TPSA) is 103 Å². The van der Waals surface area contributed by atoms with Crippen LogP contribution < -0.4 is 5.32 Å². The predicted octanol–water partition coefficient (Wildman–Crippen LogP) is 2.34. The first-order valence-corrected chi connectivity index (χ1v) is 11.4. The van der Waals surface area contributed by atoms with Crippen molar-refractivity contribution in [2.75, 3.05) is 32.7 Å². The number of furan rings is 1. The Labute approximate surface area is 196 Å². The normalized spacial score (nSPS) is 20.6. The molecule has 2 aliphatic heterocycles. The zero-order valence-corrected chi connectivity index (χ0v) is 19.0. The average Bonchev–Trinajstić information content (AvgIpc) is 3.46. The van der Waals surface area contributed by atoms with E-state index in [2.05, 4.69) is 5.32 Å². The molecular formula is C24H27FN4O5. The van der Waals surface area contributed by atoms with Crippen LogP contribution in [0.4, 0.5) is 9.18 Å². The number of carbonyl (C=O) groups is 4. The largest absolute Gasteiger partial charge is 0.459 e. The number of urea groups is 1. The minimum absolute atomic E-state index is 0.239. The zero-order chi connectivity index (χ0) is 24.3. The number of piperazine rings is 1. The molecule has 5 amide bonds. The molecule has 1 aromatic heterocycles. The number of carbonyl (C=O) groups excluding carboxylic acids is 4. The Hall–Kier alpha value is -3.69. The van der Waals surface area contributed by atoms with Gasteiger partial charge in [0.1, 0.15) is 17.9 Å². The molecule has 2 aromatic rings. The van der Waals surface area contributed by atoms with E-state index in [1.165, 1.54) is 35.4 Å². The second-order valence-corrected chi connectivity index (χ2v) is 8.49. The van der Waals surface area contributed by atoms with Crippen molar-refractivity contribution in [1.82, 2.24) is 20.0 Å². The first kappa shape index (κ1) is 23.5. The molecule has 34 heavy (non-hydrogen) atoms. The van der Waals surface area contributed by atoms with Crippen molar-refractivity contribution in [3.05, 3.63) is 59.8 Å². The van der Waals surface area contributed by atoms with E-state index >= 15 is 0 Å². The Kier molecular flexibility index (Phi) is 6.67. The summed E-state index contributed by atoms with van der Waals surface area (Å²) in [5.74, 6) is -1.34. The zero-order valence-electron chi connectivity index (χ0n) is 19.0. The van der Waals surface area contributed by atoms with Crippen LogP contribution in [0.25, 0.3) is 0 Å². The Morgan fingerprint density at radius 1 is 1.06 bits per heavy atom. The number of imide groups is 1. The molecule has 3 heterocycles. The Bertz CT molecular complexity index is 1060. The molecule has 0 spiro atoms. The summed E-state index contributed by atoms with van der Waals surface area (Å²) in [5.41, 5.74) is -0.837. The van der Waals surface area contributed by atoms with Gasteiger partial charge in [-0.1, -0.05) is 31.9 Å². The van der Waals surface area contributed by atoms with Crippen LogP contribution in [0.5, 0.6) is 0 Å². The maximum atomic E-state index is 13.5. The van der Waals surface area contributed by atoms with Crippen LogP contribution in [-0.2, 0) is 15.1 Å². The maximum Gasteiger partial charge on any atom is 0.325 e. The van der Waals surface area contributed by atoms with Gasteiger partial charge >= 0.3 is 6.03 Å². The van der Waals surface area contributed by atoms with Gasteiger partial charge in [-0.2, -0.15) is 0 Å². The summed E-state index contributed by atoms with van der Waals surface area (Å²) in [6, 6.07) is 8.05. The lowest BCUT2D eigenvalue weighted by Gasteiger charge is -2.35. The number of nitrogens with zero attached hydrogens (tertiary/aromatic N) is 3. The predicted molar refractivity (Wildman–Crippen MR) is 119 cm³/mol. The van der Waals surface area contributed by atoms with Gasteiger partial charge < -0.3 is 19.5 Å². The lowest BCUT2D eigenvalue weighted by Crippen LogP contribution is -2.53. The van der Waals surface area contributed by atoms with Crippen molar-refractivity contribution < 1.29 is 28.0 Å². The van der Waals surface area contributed by atoms with Crippen LogP contribution >= 0.6 is 0 Å². The Morgan fingerprint density at radius 3 is 2.35 bits per heavy atom. The molecule has 4 rings (SSSR count). The van der Waals surface area contributed by atoms with E-state index in [0.29, 0.717) is 31.5 Å². The Morgan fingerprint density at radius 2 is 1.74 bits per heavy atom. The van der Waals surface area contributed by atoms with Gasteiger partial charge in [0.2, 0.25) is 5.91 Å². The molecule has 0 aliphatic carbocycles. The Balaban J connectivity index is 1.43. The van der Waals surface area contributed by atoms with Gasteiger partial charge in [-0.15, -0.1) is 0 Å². The number of hydrogen-bond donors (Lipinski definition) is 1. The number of nitrogens with one attached hydrogen (secondary N) is 1. The standard InChI is InChI=1S/C24H27FN4O5/c1-2-3-10-24(17-6-8-18(25)9-7-17)22(32)29(23(33)26-24)16-20(30)27-11-13-28(14-12-27)21(31)19-5-4-15-34-19/h4-9,15H,2-3,10-14,16H2,1H3,(H,26,33)/t24-/m0/s1. The molecule has 180 valence electrons. The highest BCUT2D eigenvalue weighted by Crippen LogP contribution is 2.34. The van der Waals surface area contributed by atoms with Crippen molar-refractivity contribution >= 4 is 23.8 Å². The summed E-state index contributed by atoms with van der Waals surface area (Å²) < 4.78 is 18.6. The molecule has 0 saturated carbocycles. The van der Waals surface area contributed by atoms with Gasteiger partial charge in [0.15, 0.2) is 5.76 Å². The highest BCUT2D eigenvalue weighted by atomic mass is 19.1. The fourth-order valence-electron chi connectivity index (χ4n) is 4.41. The molecule has 1 aromatic carbocycles. The lowest BCUT2D eigenvalue weighted by molar-refractivity contribution is -0.140. The molecule has 2 saturated heterocycles. The number of unbranched alkanes of at least 4 members (excludes halogenated alkanes) is 1. The second-order valence-electron chi connectivity index (χ2n) is 8.49. The van der Waals surface area contributed by atoms with E-state index < -0.39 is 29.8 Å².